The minimum atomic E-state index is 0. The molecule has 0 unspecified atom stereocenters. The number of hydrogen-bond donors (Lipinski definition) is 0. The minimum absolute atomic E-state index is 0. The number of rotatable bonds is 2. The van der Waals surface area contributed by atoms with E-state index in [1.165, 1.54) is 5.56 Å². The summed E-state index contributed by atoms with van der Waals surface area (Å²) in [7, 11) is 0. The van der Waals surface area contributed by atoms with Gasteiger partial charge in [0.15, 0.2) is 0 Å². The molecule has 0 bridgehead atoms. The van der Waals surface area contributed by atoms with Crippen molar-refractivity contribution in [3.8, 4) is 0 Å². The van der Waals surface area contributed by atoms with Gasteiger partial charge in [0.25, 0.3) is 0 Å². The van der Waals surface area contributed by atoms with Gasteiger partial charge < -0.3 is 23.7 Å². The van der Waals surface area contributed by atoms with Crippen LogP contribution in [0.5, 0.6) is 0 Å². The van der Waals surface area contributed by atoms with Crippen molar-refractivity contribution in [3.63, 3.8) is 0 Å². The van der Waals surface area contributed by atoms with Gasteiger partial charge in [-0.15, -0.1) is 12.0 Å². The minimum Gasteiger partial charge on any atom is -1.00 e. The number of allylic oxidation sites excluding steroid dienone is 1. The van der Waals surface area contributed by atoms with E-state index in [2.05, 4.69) is 18.0 Å². The third-order valence-corrected chi connectivity index (χ3v) is 1.54. The van der Waals surface area contributed by atoms with Crippen molar-refractivity contribution in [1.29, 1.82) is 0 Å². The maximum absolute atomic E-state index is 3.62. The summed E-state index contributed by atoms with van der Waals surface area (Å²) in [5.41, 5.74) is 1.24. The van der Waals surface area contributed by atoms with E-state index in [9.17, 15) is 0 Å². The Labute approximate surface area is 84.5 Å². The largest absolute Gasteiger partial charge is 2.00 e. The summed E-state index contributed by atoms with van der Waals surface area (Å²) in [5, 5.41) is 5.14. The molecule has 0 saturated carbocycles. The molecule has 0 spiro atoms. The molecular weight excluding hydrogens is 217 g/mol. The molecule has 0 atom stereocenters. The Bertz CT molecular complexity index is 160. The maximum atomic E-state index is 3.62. The Balaban J connectivity index is 0. The van der Waals surface area contributed by atoms with Crippen LogP contribution in [0.1, 0.15) is 5.56 Å². The summed E-state index contributed by atoms with van der Waals surface area (Å²) in [4.78, 5) is 0. The molecule has 0 radical (unpaired) electrons. The predicted octanol–water partition coefficient (Wildman–Crippen LogP) is -0.722. The first-order chi connectivity index (χ1) is 3.93. The molecular formula is C7H7ClSZn. The molecule has 50 valence electrons. The van der Waals surface area contributed by atoms with E-state index < -0.39 is 0 Å². The molecule has 0 fully saturated rings. The molecule has 1 rings (SSSR count). The molecule has 0 aliphatic rings. The Kier molecular flexibility index (Phi) is 9.68. The van der Waals surface area contributed by atoms with Gasteiger partial charge in [0.05, 0.1) is 0 Å². The van der Waals surface area contributed by atoms with Crippen LogP contribution in [0.25, 0.3) is 0 Å². The zero-order valence-electron chi connectivity index (χ0n) is 5.64. The molecule has 0 saturated heterocycles. The SMILES string of the molecule is C=CCc1[c-]scc1.[Cl-].[Zn+2]. The Morgan fingerprint density at radius 2 is 2.40 bits per heavy atom. The van der Waals surface area contributed by atoms with E-state index in [1.54, 1.807) is 11.3 Å². The predicted molar refractivity (Wildman–Crippen MR) is 37.1 cm³/mol. The van der Waals surface area contributed by atoms with Crippen LogP contribution in [0.4, 0.5) is 0 Å². The van der Waals surface area contributed by atoms with Crippen LogP contribution in [-0.4, -0.2) is 0 Å². The second-order valence-corrected chi connectivity index (χ2v) is 2.25. The molecule has 1 aromatic rings. The first kappa shape index (κ1) is 13.0. The van der Waals surface area contributed by atoms with Crippen LogP contribution in [0.15, 0.2) is 24.1 Å². The average molecular weight is 224 g/mol. The summed E-state index contributed by atoms with van der Waals surface area (Å²) >= 11 is 1.61. The number of halogens is 1. The second-order valence-electron chi connectivity index (χ2n) is 1.54. The van der Waals surface area contributed by atoms with Crippen molar-refractivity contribution in [2.45, 2.75) is 6.42 Å². The van der Waals surface area contributed by atoms with Crippen LogP contribution in [0, 0.1) is 5.38 Å². The summed E-state index contributed by atoms with van der Waals surface area (Å²) in [6, 6.07) is 2.06. The number of hydrogen-bond acceptors (Lipinski definition) is 1. The van der Waals surface area contributed by atoms with Crippen molar-refractivity contribution < 1.29 is 31.9 Å². The summed E-state index contributed by atoms with van der Waals surface area (Å²) in [5.74, 6) is 0. The molecule has 1 aromatic heterocycles. The fraction of sp³-hybridized carbons (Fsp3) is 0.143. The van der Waals surface area contributed by atoms with Gasteiger partial charge in [-0.25, -0.2) is 6.07 Å². The Morgan fingerprint density at radius 3 is 2.80 bits per heavy atom. The van der Waals surface area contributed by atoms with Gasteiger partial charge in [-0.2, -0.15) is 10.9 Å². The van der Waals surface area contributed by atoms with Gasteiger partial charge in [-0.1, -0.05) is 6.08 Å². The molecule has 10 heavy (non-hydrogen) atoms. The van der Waals surface area contributed by atoms with Crippen LogP contribution < -0.4 is 12.4 Å². The van der Waals surface area contributed by atoms with Gasteiger partial charge in [0.1, 0.15) is 0 Å². The zero-order chi connectivity index (χ0) is 5.82. The molecule has 3 heteroatoms. The van der Waals surface area contributed by atoms with Crippen molar-refractivity contribution in [1.82, 2.24) is 0 Å². The van der Waals surface area contributed by atoms with E-state index in [-0.39, 0.29) is 31.9 Å². The van der Waals surface area contributed by atoms with Crippen molar-refractivity contribution >= 4 is 11.3 Å². The van der Waals surface area contributed by atoms with Gasteiger partial charge in [0, 0.05) is 0 Å². The van der Waals surface area contributed by atoms with E-state index in [0.717, 1.165) is 6.42 Å². The van der Waals surface area contributed by atoms with Gasteiger partial charge in [-0.3, -0.25) is 0 Å². The summed E-state index contributed by atoms with van der Waals surface area (Å²) in [6.07, 6.45) is 2.84. The summed E-state index contributed by atoms with van der Waals surface area (Å²) < 4.78 is 0. The first-order valence-electron chi connectivity index (χ1n) is 2.48. The molecule has 0 N–H and O–H groups in total. The molecule has 0 aliphatic heterocycles. The smallest absolute Gasteiger partial charge is 1.00 e. The zero-order valence-corrected chi connectivity index (χ0v) is 10.2. The monoisotopic (exact) mass is 222 g/mol. The van der Waals surface area contributed by atoms with Crippen LogP contribution in [0.3, 0.4) is 0 Å². The van der Waals surface area contributed by atoms with E-state index in [4.69, 9.17) is 0 Å². The molecule has 0 aliphatic carbocycles. The molecule has 1 heterocycles. The molecule has 0 nitrogen and oxygen atoms in total. The fourth-order valence-corrected chi connectivity index (χ4v) is 1.13. The fourth-order valence-electron chi connectivity index (χ4n) is 0.525. The normalized spacial score (nSPS) is 7.20. The van der Waals surface area contributed by atoms with Crippen molar-refractivity contribution in [2.75, 3.05) is 0 Å². The van der Waals surface area contributed by atoms with Crippen molar-refractivity contribution in [2.24, 2.45) is 0 Å². The quantitative estimate of drug-likeness (QED) is 0.353. The first-order valence-corrected chi connectivity index (χ1v) is 3.36. The van der Waals surface area contributed by atoms with E-state index in [0.29, 0.717) is 0 Å². The maximum Gasteiger partial charge on any atom is 2.00 e. The Morgan fingerprint density at radius 1 is 1.70 bits per heavy atom. The topological polar surface area (TPSA) is 0 Å². The average Bonchev–Trinajstić information content (AvgIpc) is 2.19. The third kappa shape index (κ3) is 4.21. The van der Waals surface area contributed by atoms with E-state index in [1.807, 2.05) is 11.5 Å². The van der Waals surface area contributed by atoms with Gasteiger partial charge >= 0.3 is 19.5 Å². The van der Waals surface area contributed by atoms with Crippen LogP contribution in [0.2, 0.25) is 0 Å². The molecule has 0 amide bonds. The van der Waals surface area contributed by atoms with Gasteiger partial charge in [0.2, 0.25) is 0 Å². The van der Waals surface area contributed by atoms with E-state index >= 15 is 0 Å². The van der Waals surface area contributed by atoms with Crippen LogP contribution in [-0.2, 0) is 25.9 Å². The van der Waals surface area contributed by atoms with Crippen molar-refractivity contribution in [3.05, 3.63) is 35.0 Å². The third-order valence-electron chi connectivity index (χ3n) is 0.892. The standard InChI is InChI=1S/C7H7S.ClH.Zn/c1-2-3-7-4-5-8-6-7;;/h2,4-5H,1,3H2;1H;/q-1;;+2/p-1. The van der Waals surface area contributed by atoms with Gasteiger partial charge in [-0.05, 0) is 6.42 Å². The molecule has 0 aromatic carbocycles. The second kappa shape index (κ2) is 7.46. The van der Waals surface area contributed by atoms with Crippen LogP contribution >= 0.6 is 11.3 Å². The summed E-state index contributed by atoms with van der Waals surface area (Å²) in [6.45, 7) is 3.62. The Hall–Kier alpha value is 0.353. The number of thiophene rings is 1.